The second-order valence-electron chi connectivity index (χ2n) is 6.13. The highest BCUT2D eigenvalue weighted by molar-refractivity contribution is 14.0. The molecular weight excluding hydrogens is 403 g/mol. The Kier molecular flexibility index (Phi) is 15.4. The quantitative estimate of drug-likeness (QED) is 0.237. The maximum Gasteiger partial charge on any atom is 0.191 e. The molecule has 0 atom stereocenters. The molecule has 6 heteroatoms. The van der Waals surface area contributed by atoms with Gasteiger partial charge in [-0.15, -0.1) is 24.0 Å². The first-order valence-electron chi connectivity index (χ1n) is 9.04. The van der Waals surface area contributed by atoms with Gasteiger partial charge in [0.15, 0.2) is 5.96 Å². The number of nitrogens with one attached hydrogen (secondary N) is 2. The largest absolute Gasteiger partial charge is 0.382 e. The standard InChI is InChI=1S/C17H36N4O.HI/c1-4-18-17(19-11-6-7-15-22-5-2)20-12-8-16-9-13-21(3)14-10-16;/h16H,4-15H2,1-3H3,(H2,18,19,20);1H. The molecule has 1 rings (SSSR count). The Morgan fingerprint density at radius 1 is 1.17 bits per heavy atom. The van der Waals surface area contributed by atoms with Crippen molar-refractivity contribution in [2.75, 3.05) is 53.0 Å². The van der Waals surface area contributed by atoms with Crippen LogP contribution >= 0.6 is 24.0 Å². The minimum atomic E-state index is 0. The molecule has 1 aliphatic heterocycles. The molecule has 1 fully saturated rings. The summed E-state index contributed by atoms with van der Waals surface area (Å²) in [5.41, 5.74) is 0. The lowest BCUT2D eigenvalue weighted by Gasteiger charge is -2.29. The minimum absolute atomic E-state index is 0. The highest BCUT2D eigenvalue weighted by Crippen LogP contribution is 2.18. The maximum atomic E-state index is 5.34. The molecule has 1 saturated heterocycles. The van der Waals surface area contributed by atoms with Crippen LogP contribution in [-0.2, 0) is 4.74 Å². The van der Waals surface area contributed by atoms with Crippen LogP contribution in [0, 0.1) is 5.92 Å². The van der Waals surface area contributed by atoms with E-state index in [1.165, 1.54) is 32.4 Å². The van der Waals surface area contributed by atoms with Crippen LogP contribution in [0.3, 0.4) is 0 Å². The molecule has 23 heavy (non-hydrogen) atoms. The zero-order chi connectivity index (χ0) is 16.0. The van der Waals surface area contributed by atoms with Gasteiger partial charge >= 0.3 is 0 Å². The van der Waals surface area contributed by atoms with Crippen LogP contribution in [0.2, 0.25) is 0 Å². The minimum Gasteiger partial charge on any atom is -0.382 e. The smallest absolute Gasteiger partial charge is 0.191 e. The van der Waals surface area contributed by atoms with Gasteiger partial charge in [-0.05, 0) is 72.0 Å². The Balaban J connectivity index is 0.00000484. The van der Waals surface area contributed by atoms with Crippen LogP contribution in [0.4, 0.5) is 0 Å². The molecule has 0 aromatic rings. The summed E-state index contributed by atoms with van der Waals surface area (Å²) in [6.45, 7) is 11.1. The van der Waals surface area contributed by atoms with Gasteiger partial charge in [-0.3, -0.25) is 4.99 Å². The lowest BCUT2D eigenvalue weighted by molar-refractivity contribution is 0.144. The molecule has 2 N–H and O–H groups in total. The summed E-state index contributed by atoms with van der Waals surface area (Å²) < 4.78 is 5.34. The number of likely N-dealkylation sites (tertiary alicyclic amines) is 1. The normalized spacial score (nSPS) is 16.9. The average molecular weight is 440 g/mol. The van der Waals surface area contributed by atoms with Crippen molar-refractivity contribution >= 4 is 29.9 Å². The van der Waals surface area contributed by atoms with Crippen molar-refractivity contribution < 1.29 is 4.74 Å². The van der Waals surface area contributed by atoms with Gasteiger partial charge in [-0.1, -0.05) is 0 Å². The first-order valence-corrected chi connectivity index (χ1v) is 9.04. The number of ether oxygens (including phenoxy) is 1. The van der Waals surface area contributed by atoms with Crippen LogP contribution in [0.5, 0.6) is 0 Å². The molecule has 0 aromatic carbocycles. The fourth-order valence-electron chi connectivity index (χ4n) is 2.74. The molecule has 0 unspecified atom stereocenters. The Labute approximate surface area is 160 Å². The summed E-state index contributed by atoms with van der Waals surface area (Å²) in [6, 6.07) is 0. The number of halogens is 1. The molecule has 138 valence electrons. The van der Waals surface area contributed by atoms with Crippen molar-refractivity contribution in [1.82, 2.24) is 15.5 Å². The van der Waals surface area contributed by atoms with E-state index >= 15 is 0 Å². The van der Waals surface area contributed by atoms with Crippen LogP contribution in [0.15, 0.2) is 4.99 Å². The molecular formula is C17H37IN4O. The van der Waals surface area contributed by atoms with Gasteiger partial charge in [0.2, 0.25) is 0 Å². The van der Waals surface area contributed by atoms with Gasteiger partial charge in [0.25, 0.3) is 0 Å². The number of guanidine groups is 1. The van der Waals surface area contributed by atoms with Crippen LogP contribution in [0.1, 0.15) is 46.0 Å². The zero-order valence-electron chi connectivity index (χ0n) is 15.3. The van der Waals surface area contributed by atoms with Crippen molar-refractivity contribution in [2.45, 2.75) is 46.0 Å². The third kappa shape index (κ3) is 12.0. The summed E-state index contributed by atoms with van der Waals surface area (Å²) in [7, 11) is 2.22. The van der Waals surface area contributed by atoms with E-state index in [-0.39, 0.29) is 24.0 Å². The van der Waals surface area contributed by atoms with E-state index in [0.29, 0.717) is 0 Å². The van der Waals surface area contributed by atoms with Crippen molar-refractivity contribution in [3.63, 3.8) is 0 Å². The Hall–Kier alpha value is -0.0800. The second-order valence-corrected chi connectivity index (χ2v) is 6.13. The number of unbranched alkanes of at least 4 members (excludes halogenated alkanes) is 1. The van der Waals surface area contributed by atoms with Crippen LogP contribution in [0.25, 0.3) is 0 Å². The number of hydrogen-bond acceptors (Lipinski definition) is 3. The van der Waals surface area contributed by atoms with E-state index < -0.39 is 0 Å². The van der Waals surface area contributed by atoms with E-state index in [4.69, 9.17) is 4.74 Å². The van der Waals surface area contributed by atoms with E-state index in [2.05, 4.69) is 34.5 Å². The van der Waals surface area contributed by atoms with Gasteiger partial charge in [-0.25, -0.2) is 0 Å². The summed E-state index contributed by atoms with van der Waals surface area (Å²) in [5.74, 6) is 1.84. The average Bonchev–Trinajstić information content (AvgIpc) is 2.52. The second kappa shape index (κ2) is 15.4. The molecule has 1 aliphatic rings. The van der Waals surface area contributed by atoms with E-state index in [9.17, 15) is 0 Å². The third-order valence-electron chi connectivity index (χ3n) is 4.20. The van der Waals surface area contributed by atoms with Gasteiger partial charge in [0, 0.05) is 32.8 Å². The van der Waals surface area contributed by atoms with Crippen molar-refractivity contribution in [1.29, 1.82) is 0 Å². The lowest BCUT2D eigenvalue weighted by Crippen LogP contribution is -2.39. The molecule has 0 amide bonds. The number of hydrogen-bond donors (Lipinski definition) is 2. The zero-order valence-corrected chi connectivity index (χ0v) is 17.6. The number of nitrogens with zero attached hydrogens (tertiary/aromatic N) is 2. The molecule has 0 aromatic heterocycles. The van der Waals surface area contributed by atoms with Crippen LogP contribution < -0.4 is 10.6 Å². The predicted molar refractivity (Wildman–Crippen MR) is 110 cm³/mol. The first kappa shape index (κ1) is 22.9. The lowest BCUT2D eigenvalue weighted by atomic mass is 9.94. The predicted octanol–water partition coefficient (Wildman–Crippen LogP) is 2.71. The van der Waals surface area contributed by atoms with Crippen molar-refractivity contribution in [3.8, 4) is 0 Å². The molecule has 0 saturated carbocycles. The first-order chi connectivity index (χ1) is 10.8. The van der Waals surface area contributed by atoms with Crippen molar-refractivity contribution in [3.05, 3.63) is 0 Å². The summed E-state index contributed by atoms with van der Waals surface area (Å²) in [6.07, 6.45) is 6.10. The molecule has 0 radical (unpaired) electrons. The molecule has 0 spiro atoms. The van der Waals surface area contributed by atoms with E-state index in [1.807, 2.05) is 6.92 Å². The number of piperidine rings is 1. The summed E-state index contributed by atoms with van der Waals surface area (Å²) >= 11 is 0. The van der Waals surface area contributed by atoms with Gasteiger partial charge in [0.1, 0.15) is 0 Å². The number of rotatable bonds is 10. The summed E-state index contributed by atoms with van der Waals surface area (Å²) in [4.78, 5) is 7.06. The van der Waals surface area contributed by atoms with Gasteiger partial charge in [0.05, 0.1) is 0 Å². The monoisotopic (exact) mass is 440 g/mol. The van der Waals surface area contributed by atoms with Gasteiger partial charge in [-0.2, -0.15) is 0 Å². The van der Waals surface area contributed by atoms with Gasteiger partial charge < -0.3 is 20.3 Å². The third-order valence-corrected chi connectivity index (χ3v) is 4.20. The molecule has 0 aliphatic carbocycles. The van der Waals surface area contributed by atoms with E-state index in [1.54, 1.807) is 0 Å². The summed E-state index contributed by atoms with van der Waals surface area (Å²) in [5, 5.41) is 6.80. The Bertz CT molecular complexity index is 294. The molecule has 1 heterocycles. The van der Waals surface area contributed by atoms with E-state index in [0.717, 1.165) is 57.6 Å². The Morgan fingerprint density at radius 3 is 2.57 bits per heavy atom. The topological polar surface area (TPSA) is 48.9 Å². The SMILES string of the molecule is CCNC(=NCCCCOCC)NCCC1CCN(C)CC1.I. The van der Waals surface area contributed by atoms with Crippen molar-refractivity contribution in [2.24, 2.45) is 10.9 Å². The Morgan fingerprint density at radius 2 is 1.91 bits per heavy atom. The van der Waals surface area contributed by atoms with Crippen LogP contribution in [-0.4, -0.2) is 63.8 Å². The highest BCUT2D eigenvalue weighted by Gasteiger charge is 2.16. The maximum absolute atomic E-state index is 5.34. The molecule has 5 nitrogen and oxygen atoms in total. The highest BCUT2D eigenvalue weighted by atomic mass is 127. The number of aliphatic imine (C=N–C) groups is 1. The fourth-order valence-corrected chi connectivity index (χ4v) is 2.74. The molecule has 0 bridgehead atoms. The fraction of sp³-hybridized carbons (Fsp3) is 0.941.